The van der Waals surface area contributed by atoms with Crippen LogP contribution in [0, 0.1) is 0 Å². The molecule has 0 spiro atoms. The van der Waals surface area contributed by atoms with Gasteiger partial charge in [0.25, 0.3) is 0 Å². The second-order valence-corrected chi connectivity index (χ2v) is 14.0. The maximum absolute atomic E-state index is 13.1. The summed E-state index contributed by atoms with van der Waals surface area (Å²) in [6, 6.07) is 0. The molecule has 0 aliphatic rings. The van der Waals surface area contributed by atoms with E-state index in [0.717, 1.165) is 25.7 Å². The summed E-state index contributed by atoms with van der Waals surface area (Å²) in [7, 11) is 0. The number of nitrogens with one attached hydrogen (secondary N) is 1. The van der Waals surface area contributed by atoms with Crippen molar-refractivity contribution in [3.05, 3.63) is 0 Å². The van der Waals surface area contributed by atoms with Crippen molar-refractivity contribution in [2.75, 3.05) is 13.2 Å². The van der Waals surface area contributed by atoms with Crippen LogP contribution < -0.4 is 5.32 Å². The van der Waals surface area contributed by atoms with Gasteiger partial charge >= 0.3 is 0 Å². The summed E-state index contributed by atoms with van der Waals surface area (Å²) in [6.07, 6.45) is 40.0. The maximum atomic E-state index is 13.1. The normalized spacial score (nSPS) is 11.8. The molecule has 0 aliphatic carbocycles. The van der Waals surface area contributed by atoms with E-state index in [0.29, 0.717) is 12.8 Å². The third-order valence-electron chi connectivity index (χ3n) is 9.72. The molecule has 0 aromatic heterocycles. The van der Waals surface area contributed by atoms with Crippen molar-refractivity contribution in [3.63, 3.8) is 0 Å². The standard InChI is InChI=1S/C40H79NO3/c1-4-6-8-10-12-14-16-18-20-22-24-26-28-30-32-34-38(43)40(3,41-36-37-42)39(44)35-33-31-29-27-25-23-21-19-17-15-13-11-9-7-5-2/h41-42H,4-37H2,1-3H3. The molecular formula is C40H79NO3. The van der Waals surface area contributed by atoms with E-state index in [1.165, 1.54) is 167 Å². The number of aliphatic hydroxyl groups excluding tert-OH is 1. The number of carbonyl (C=O) groups is 2. The number of ketones is 2. The molecule has 0 unspecified atom stereocenters. The molecule has 44 heavy (non-hydrogen) atoms. The van der Waals surface area contributed by atoms with E-state index in [4.69, 9.17) is 0 Å². The predicted octanol–water partition coefficient (Wildman–Crippen LogP) is 12.0. The molecule has 0 saturated heterocycles. The van der Waals surface area contributed by atoms with Crippen molar-refractivity contribution in [3.8, 4) is 0 Å². The van der Waals surface area contributed by atoms with E-state index < -0.39 is 5.54 Å². The third kappa shape index (κ3) is 26.5. The fourth-order valence-corrected chi connectivity index (χ4v) is 6.47. The summed E-state index contributed by atoms with van der Waals surface area (Å²) in [4.78, 5) is 26.3. The lowest BCUT2D eigenvalue weighted by molar-refractivity contribution is -0.135. The van der Waals surface area contributed by atoms with Crippen molar-refractivity contribution in [1.82, 2.24) is 5.32 Å². The van der Waals surface area contributed by atoms with E-state index in [-0.39, 0.29) is 24.7 Å². The van der Waals surface area contributed by atoms with Crippen LogP contribution in [0.25, 0.3) is 0 Å². The lowest BCUT2D eigenvalue weighted by atomic mass is 9.85. The van der Waals surface area contributed by atoms with Crippen LogP contribution in [0.1, 0.15) is 226 Å². The molecule has 0 heterocycles. The summed E-state index contributed by atoms with van der Waals surface area (Å²) < 4.78 is 0. The largest absolute Gasteiger partial charge is 0.395 e. The maximum Gasteiger partial charge on any atom is 0.160 e. The molecule has 0 fully saturated rings. The Hall–Kier alpha value is -0.740. The highest BCUT2D eigenvalue weighted by Gasteiger charge is 2.38. The van der Waals surface area contributed by atoms with Gasteiger partial charge in [-0.2, -0.15) is 0 Å². The number of β-amino-alcohol motifs (C(OH)–C–C–N with tert-alkyl or cyclic N) is 1. The molecular weight excluding hydrogens is 542 g/mol. The first-order valence-electron chi connectivity index (χ1n) is 19.9. The minimum atomic E-state index is -1.14. The van der Waals surface area contributed by atoms with Crippen LogP contribution in [0.15, 0.2) is 0 Å². The van der Waals surface area contributed by atoms with Crippen molar-refractivity contribution < 1.29 is 14.7 Å². The molecule has 0 atom stereocenters. The first-order chi connectivity index (χ1) is 21.5. The van der Waals surface area contributed by atoms with Gasteiger partial charge < -0.3 is 5.11 Å². The van der Waals surface area contributed by atoms with E-state index in [9.17, 15) is 14.7 Å². The van der Waals surface area contributed by atoms with Crippen LogP contribution in [0.3, 0.4) is 0 Å². The van der Waals surface area contributed by atoms with Crippen LogP contribution in [-0.4, -0.2) is 35.4 Å². The zero-order valence-electron chi connectivity index (χ0n) is 30.3. The van der Waals surface area contributed by atoms with Gasteiger partial charge in [-0.15, -0.1) is 0 Å². The van der Waals surface area contributed by atoms with Crippen LogP contribution in [0.4, 0.5) is 0 Å². The van der Waals surface area contributed by atoms with E-state index in [1.807, 2.05) is 0 Å². The number of aliphatic hydroxyl groups is 1. The first-order valence-corrected chi connectivity index (χ1v) is 19.9. The number of carbonyl (C=O) groups excluding carboxylic acids is 2. The Kier molecular flexibility index (Phi) is 33.1. The van der Waals surface area contributed by atoms with Crippen LogP contribution >= 0.6 is 0 Å². The van der Waals surface area contributed by atoms with E-state index in [1.54, 1.807) is 6.92 Å². The molecule has 0 aromatic carbocycles. The monoisotopic (exact) mass is 622 g/mol. The number of hydrogen-bond acceptors (Lipinski definition) is 4. The van der Waals surface area contributed by atoms with Gasteiger partial charge in [0, 0.05) is 19.4 Å². The molecule has 0 bridgehead atoms. The number of unbranched alkanes of at least 4 members (excludes halogenated alkanes) is 28. The Labute approximate surface area is 276 Å². The quantitative estimate of drug-likeness (QED) is 0.0535. The van der Waals surface area contributed by atoms with Crippen molar-refractivity contribution >= 4 is 11.6 Å². The number of hydrogen-bond donors (Lipinski definition) is 2. The lowest BCUT2D eigenvalue weighted by Crippen LogP contribution is -2.56. The Balaban J connectivity index is 3.88. The molecule has 2 N–H and O–H groups in total. The second kappa shape index (κ2) is 33.6. The Morgan fingerprint density at radius 2 is 0.659 bits per heavy atom. The molecule has 0 saturated carbocycles. The average molecular weight is 622 g/mol. The number of Topliss-reactive ketones (excluding diaryl/α,β-unsaturated/α-hetero) is 2. The van der Waals surface area contributed by atoms with Gasteiger partial charge in [0.15, 0.2) is 11.6 Å². The van der Waals surface area contributed by atoms with Crippen molar-refractivity contribution in [2.45, 2.75) is 232 Å². The van der Waals surface area contributed by atoms with Gasteiger partial charge in [-0.3, -0.25) is 14.9 Å². The minimum absolute atomic E-state index is 0.00611. The van der Waals surface area contributed by atoms with Crippen LogP contribution in [0.2, 0.25) is 0 Å². The Bertz CT molecular complexity index is 574. The smallest absolute Gasteiger partial charge is 0.160 e. The summed E-state index contributed by atoms with van der Waals surface area (Å²) in [6.45, 7) is 6.53. The molecule has 0 aliphatic heterocycles. The lowest BCUT2D eigenvalue weighted by Gasteiger charge is -2.28. The minimum Gasteiger partial charge on any atom is -0.395 e. The highest BCUT2D eigenvalue weighted by Crippen LogP contribution is 2.19. The molecule has 0 radical (unpaired) electrons. The number of rotatable bonds is 37. The molecule has 0 aromatic rings. The Morgan fingerprint density at radius 1 is 0.432 bits per heavy atom. The van der Waals surface area contributed by atoms with Gasteiger partial charge in [0.05, 0.1) is 6.61 Å². The van der Waals surface area contributed by atoms with Gasteiger partial charge in [0.2, 0.25) is 0 Å². The summed E-state index contributed by atoms with van der Waals surface area (Å²) >= 11 is 0. The second-order valence-electron chi connectivity index (χ2n) is 14.0. The zero-order chi connectivity index (χ0) is 32.4. The molecule has 0 rings (SSSR count). The fourth-order valence-electron chi connectivity index (χ4n) is 6.47. The molecule has 4 heteroatoms. The first kappa shape index (κ1) is 43.3. The predicted molar refractivity (Wildman–Crippen MR) is 193 cm³/mol. The summed E-state index contributed by atoms with van der Waals surface area (Å²) in [5.41, 5.74) is -1.14. The van der Waals surface area contributed by atoms with Gasteiger partial charge in [-0.1, -0.05) is 194 Å². The average Bonchev–Trinajstić information content (AvgIpc) is 3.03. The van der Waals surface area contributed by atoms with Crippen LogP contribution in [-0.2, 0) is 9.59 Å². The molecule has 262 valence electrons. The van der Waals surface area contributed by atoms with E-state index >= 15 is 0 Å². The molecule has 4 nitrogen and oxygen atoms in total. The highest BCUT2D eigenvalue weighted by molar-refractivity contribution is 6.11. The van der Waals surface area contributed by atoms with Gasteiger partial charge in [0.1, 0.15) is 5.54 Å². The van der Waals surface area contributed by atoms with Crippen LogP contribution in [0.5, 0.6) is 0 Å². The molecule has 0 amide bonds. The van der Waals surface area contributed by atoms with Gasteiger partial charge in [-0.25, -0.2) is 0 Å². The van der Waals surface area contributed by atoms with Gasteiger partial charge in [-0.05, 0) is 19.8 Å². The fraction of sp³-hybridized carbons (Fsp3) is 0.950. The summed E-state index contributed by atoms with van der Waals surface area (Å²) in [5.74, 6) is 0.0122. The summed E-state index contributed by atoms with van der Waals surface area (Å²) in [5, 5.41) is 12.4. The third-order valence-corrected chi connectivity index (χ3v) is 9.72. The van der Waals surface area contributed by atoms with Crippen molar-refractivity contribution in [1.29, 1.82) is 0 Å². The Morgan fingerprint density at radius 3 is 0.886 bits per heavy atom. The SMILES string of the molecule is CCCCCCCCCCCCCCCCCC(=O)C(C)(NCCO)C(=O)CCCCCCCCCCCCCCCCC. The zero-order valence-corrected chi connectivity index (χ0v) is 30.3. The van der Waals surface area contributed by atoms with Crippen molar-refractivity contribution in [2.24, 2.45) is 0 Å². The topological polar surface area (TPSA) is 66.4 Å². The highest BCUT2D eigenvalue weighted by atomic mass is 16.3. The van der Waals surface area contributed by atoms with E-state index in [2.05, 4.69) is 19.2 Å².